The van der Waals surface area contributed by atoms with Gasteiger partial charge in [0.2, 0.25) is 5.91 Å². The Balaban J connectivity index is 1.15. The molecule has 180 valence electrons. The number of Topliss-reactive ketones (excluding diaryl/α,β-unsaturated/α-hetero) is 1. The number of halogens is 1. The lowest BCUT2D eigenvalue weighted by atomic mass is 10.1. The van der Waals surface area contributed by atoms with Crippen molar-refractivity contribution in [2.75, 3.05) is 32.8 Å². The summed E-state index contributed by atoms with van der Waals surface area (Å²) in [6.07, 6.45) is 1.59. The number of ketones is 1. The maximum atomic E-state index is 14.1. The highest BCUT2D eigenvalue weighted by Gasteiger charge is 2.52. The molecule has 1 aromatic heterocycles. The number of amides is 2. The Kier molecular flexibility index (Phi) is 6.76. The first-order valence-electron chi connectivity index (χ1n) is 11.8. The topological polar surface area (TPSA) is 79.0 Å². The van der Waals surface area contributed by atoms with Crippen molar-refractivity contribution >= 4 is 28.9 Å². The Hall–Kier alpha value is -2.62. The molecule has 3 atom stereocenters. The Morgan fingerprint density at radius 2 is 1.85 bits per heavy atom. The van der Waals surface area contributed by atoms with E-state index >= 15 is 0 Å². The molecule has 9 heteroatoms. The summed E-state index contributed by atoms with van der Waals surface area (Å²) in [5.74, 6) is -1.18. The lowest BCUT2D eigenvalue weighted by Gasteiger charge is -2.25. The van der Waals surface area contributed by atoms with E-state index < -0.39 is 30.1 Å². The van der Waals surface area contributed by atoms with Gasteiger partial charge in [-0.3, -0.25) is 19.3 Å². The van der Waals surface area contributed by atoms with Crippen LogP contribution in [0.25, 0.3) is 10.4 Å². The maximum Gasteiger partial charge on any atom is 0.251 e. The van der Waals surface area contributed by atoms with Gasteiger partial charge in [0.1, 0.15) is 24.9 Å². The average molecular weight is 486 g/mol. The van der Waals surface area contributed by atoms with Gasteiger partial charge in [0.25, 0.3) is 5.91 Å². The number of hydrogen-bond acceptors (Lipinski definition) is 6. The second kappa shape index (κ2) is 9.93. The fourth-order valence-electron chi connectivity index (χ4n) is 4.96. The minimum absolute atomic E-state index is 0.178. The summed E-state index contributed by atoms with van der Waals surface area (Å²) in [5, 5.41) is 2.59. The lowest BCUT2D eigenvalue weighted by Crippen LogP contribution is -2.46. The molecular formula is C25H28FN3O4S. The minimum Gasteiger partial charge on any atom is -0.365 e. The van der Waals surface area contributed by atoms with Crippen LogP contribution < -0.4 is 5.32 Å². The molecule has 0 saturated carbocycles. The molecule has 1 N–H and O–H groups in total. The SMILES string of the molecule is O=C(NCC(=O)N1C[C@H](F)[C@H]2OCC(=O)[C@H]21)c1ccc(-c2ccc(CN3CCCCC3)s2)cc1. The molecule has 34 heavy (non-hydrogen) atoms. The molecular weight excluding hydrogens is 457 g/mol. The van der Waals surface area contributed by atoms with Crippen molar-refractivity contribution in [2.45, 2.75) is 44.1 Å². The van der Waals surface area contributed by atoms with E-state index in [-0.39, 0.29) is 25.5 Å². The molecule has 3 fully saturated rings. The fourth-order valence-corrected chi connectivity index (χ4v) is 6.01. The Labute approximate surface area is 201 Å². The molecule has 0 spiro atoms. The summed E-state index contributed by atoms with van der Waals surface area (Å²) in [6, 6.07) is 10.7. The number of carbonyl (C=O) groups excluding carboxylic acids is 3. The van der Waals surface area contributed by atoms with Gasteiger partial charge in [-0.05, 0) is 55.8 Å². The van der Waals surface area contributed by atoms with Crippen molar-refractivity contribution < 1.29 is 23.5 Å². The predicted octanol–water partition coefficient (Wildman–Crippen LogP) is 2.65. The van der Waals surface area contributed by atoms with Gasteiger partial charge >= 0.3 is 0 Å². The van der Waals surface area contributed by atoms with E-state index in [4.69, 9.17) is 4.74 Å². The number of thiophene rings is 1. The van der Waals surface area contributed by atoms with Gasteiger partial charge in [-0.1, -0.05) is 18.6 Å². The number of alkyl halides is 1. The van der Waals surface area contributed by atoms with Crippen molar-refractivity contribution in [1.29, 1.82) is 0 Å². The highest BCUT2D eigenvalue weighted by atomic mass is 32.1. The standard InChI is InChI=1S/C25H28FN3O4S/c26-19-14-29(23-20(30)15-33-24(19)23)22(31)12-27-25(32)17-6-4-16(5-7-17)21-9-8-18(34-21)13-28-10-2-1-3-11-28/h4-9,19,23-24H,1-3,10-15H2,(H,27,32)/t19-,23+,24+/m0/s1. The molecule has 3 aliphatic heterocycles. The molecule has 7 nitrogen and oxygen atoms in total. The van der Waals surface area contributed by atoms with Crippen LogP contribution >= 0.6 is 11.3 Å². The van der Waals surface area contributed by atoms with Gasteiger partial charge in [0, 0.05) is 21.9 Å². The van der Waals surface area contributed by atoms with E-state index in [0.717, 1.165) is 30.1 Å². The summed E-state index contributed by atoms with van der Waals surface area (Å²) in [5.41, 5.74) is 1.48. The van der Waals surface area contributed by atoms with Crippen LogP contribution in [0.4, 0.5) is 4.39 Å². The molecule has 1 aromatic carbocycles. The first-order valence-corrected chi connectivity index (χ1v) is 12.6. The van der Waals surface area contributed by atoms with Gasteiger partial charge in [0.15, 0.2) is 5.78 Å². The van der Waals surface area contributed by atoms with Crippen molar-refractivity contribution in [2.24, 2.45) is 0 Å². The van der Waals surface area contributed by atoms with Crippen molar-refractivity contribution in [1.82, 2.24) is 15.1 Å². The first kappa shape index (κ1) is 23.1. The molecule has 3 saturated heterocycles. The first-order chi connectivity index (χ1) is 16.5. The molecule has 0 aliphatic carbocycles. The van der Waals surface area contributed by atoms with Gasteiger partial charge < -0.3 is 15.0 Å². The third kappa shape index (κ3) is 4.78. The van der Waals surface area contributed by atoms with Crippen molar-refractivity contribution in [3.8, 4) is 10.4 Å². The number of nitrogens with one attached hydrogen (secondary N) is 1. The summed E-state index contributed by atoms with van der Waals surface area (Å²) < 4.78 is 19.2. The number of likely N-dealkylation sites (tertiary alicyclic amines) is 2. The number of nitrogens with zero attached hydrogens (tertiary/aromatic N) is 2. The normalized spacial score (nSPS) is 24.9. The fraction of sp³-hybridized carbons (Fsp3) is 0.480. The lowest BCUT2D eigenvalue weighted by molar-refractivity contribution is -0.135. The molecule has 5 rings (SSSR count). The zero-order valence-electron chi connectivity index (χ0n) is 18.9. The number of rotatable bonds is 6. The quantitative estimate of drug-likeness (QED) is 0.681. The number of carbonyl (C=O) groups is 3. The number of fused-ring (bicyclic) bond motifs is 1. The molecule has 2 amide bonds. The largest absolute Gasteiger partial charge is 0.365 e. The van der Waals surface area contributed by atoms with Crippen LogP contribution in [0.15, 0.2) is 36.4 Å². The number of hydrogen-bond donors (Lipinski definition) is 1. The van der Waals surface area contributed by atoms with Crippen LogP contribution in [-0.2, 0) is 20.9 Å². The van der Waals surface area contributed by atoms with E-state index in [1.54, 1.807) is 23.5 Å². The molecule has 4 heterocycles. The molecule has 3 aliphatic rings. The summed E-state index contributed by atoms with van der Waals surface area (Å²) >= 11 is 1.77. The monoisotopic (exact) mass is 485 g/mol. The summed E-state index contributed by atoms with van der Waals surface area (Å²) in [4.78, 5) is 43.2. The van der Waals surface area contributed by atoms with Gasteiger partial charge in [-0.15, -0.1) is 11.3 Å². The zero-order valence-corrected chi connectivity index (χ0v) is 19.7. The van der Waals surface area contributed by atoms with E-state index in [1.807, 2.05) is 12.1 Å². The highest BCUT2D eigenvalue weighted by molar-refractivity contribution is 7.15. The summed E-state index contributed by atoms with van der Waals surface area (Å²) in [6.45, 7) is 2.65. The van der Waals surface area contributed by atoms with Crippen molar-refractivity contribution in [3.63, 3.8) is 0 Å². The second-order valence-corrected chi connectivity index (χ2v) is 10.3. The maximum absolute atomic E-state index is 14.1. The van der Waals surface area contributed by atoms with Gasteiger partial charge in [-0.25, -0.2) is 4.39 Å². The molecule has 0 radical (unpaired) electrons. The number of benzene rings is 1. The van der Waals surface area contributed by atoms with Crippen LogP contribution in [0.3, 0.4) is 0 Å². The number of piperidine rings is 1. The van der Waals surface area contributed by atoms with E-state index in [0.29, 0.717) is 5.56 Å². The third-order valence-electron chi connectivity index (χ3n) is 6.76. The van der Waals surface area contributed by atoms with Crippen LogP contribution in [0.2, 0.25) is 0 Å². The Morgan fingerprint density at radius 3 is 2.62 bits per heavy atom. The van der Waals surface area contributed by atoms with Crippen LogP contribution in [0, 0.1) is 0 Å². The van der Waals surface area contributed by atoms with Crippen LogP contribution in [0.1, 0.15) is 34.5 Å². The number of ether oxygens (including phenoxy) is 1. The molecule has 0 unspecified atom stereocenters. The summed E-state index contributed by atoms with van der Waals surface area (Å²) in [7, 11) is 0. The Bertz CT molecular complexity index is 1070. The van der Waals surface area contributed by atoms with Crippen LogP contribution in [0.5, 0.6) is 0 Å². The smallest absolute Gasteiger partial charge is 0.251 e. The van der Waals surface area contributed by atoms with Crippen molar-refractivity contribution in [3.05, 3.63) is 46.8 Å². The predicted molar refractivity (Wildman–Crippen MR) is 126 cm³/mol. The molecule has 2 aromatic rings. The highest BCUT2D eigenvalue weighted by Crippen LogP contribution is 2.30. The van der Waals surface area contributed by atoms with Gasteiger partial charge in [-0.2, -0.15) is 0 Å². The zero-order chi connectivity index (χ0) is 23.7. The third-order valence-corrected chi connectivity index (χ3v) is 7.88. The second-order valence-electron chi connectivity index (χ2n) is 9.11. The van der Waals surface area contributed by atoms with E-state index in [2.05, 4.69) is 22.3 Å². The minimum atomic E-state index is -1.39. The van der Waals surface area contributed by atoms with E-state index in [1.165, 1.54) is 29.0 Å². The van der Waals surface area contributed by atoms with E-state index in [9.17, 15) is 18.8 Å². The molecule has 0 bridgehead atoms. The average Bonchev–Trinajstić information content (AvgIpc) is 3.56. The Morgan fingerprint density at radius 1 is 1.09 bits per heavy atom. The van der Waals surface area contributed by atoms with Gasteiger partial charge in [0.05, 0.1) is 13.1 Å². The van der Waals surface area contributed by atoms with Crippen LogP contribution in [-0.4, -0.2) is 78.5 Å².